The van der Waals surface area contributed by atoms with Crippen LogP contribution in [0.5, 0.6) is 0 Å². The largest absolute Gasteiger partial charge is 0.449 e. The summed E-state index contributed by atoms with van der Waals surface area (Å²) in [5, 5.41) is 0.712. The molecule has 4 rings (SSSR count). The van der Waals surface area contributed by atoms with Crippen LogP contribution in [0.1, 0.15) is 17.4 Å². The number of benzene rings is 2. The van der Waals surface area contributed by atoms with Crippen molar-refractivity contribution >= 4 is 35.4 Å². The van der Waals surface area contributed by atoms with Gasteiger partial charge in [0.2, 0.25) is 5.58 Å². The lowest BCUT2D eigenvalue weighted by Crippen LogP contribution is -2.21. The van der Waals surface area contributed by atoms with E-state index in [1.807, 2.05) is 30.3 Å². The van der Waals surface area contributed by atoms with Gasteiger partial charge < -0.3 is 15.1 Å². The van der Waals surface area contributed by atoms with E-state index in [0.29, 0.717) is 34.2 Å². The van der Waals surface area contributed by atoms with Gasteiger partial charge >= 0.3 is 0 Å². The molecular weight excluding hydrogens is 301 g/mol. The Hall–Kier alpha value is -2.86. The number of nitrogens with one attached hydrogen (secondary N) is 1. The van der Waals surface area contributed by atoms with E-state index in [2.05, 4.69) is 9.97 Å². The number of H-pyrrole nitrogens is 1. The number of hydrogen-bond donors (Lipinski definition) is 2. The minimum Gasteiger partial charge on any atom is -0.449 e. The van der Waals surface area contributed by atoms with E-state index in [1.165, 1.54) is 0 Å². The lowest BCUT2D eigenvalue weighted by atomic mass is 9.95. The molecule has 2 heterocycles. The Labute approximate surface area is 138 Å². The number of rotatable bonds is 3. The summed E-state index contributed by atoms with van der Waals surface area (Å²) >= 11 is 0. The second kappa shape index (κ2) is 5.65. The van der Waals surface area contributed by atoms with Crippen molar-refractivity contribution in [3.8, 4) is 0 Å². The maximum absolute atomic E-state index is 12.3. The Bertz CT molecular complexity index is 1090. The summed E-state index contributed by atoms with van der Waals surface area (Å²) in [4.78, 5) is 19.6. The maximum atomic E-state index is 12.3. The standard InChI is InChI=1S/C18H14BN3O2/c19-11-6-7-14-12(9-11)15-16(24-14)18(23)22-17(21-15)13(20)8-10-4-2-1-3-5-10/h1-7,9,13H,8,20H2,(H,21,22,23). The third-order valence-corrected chi connectivity index (χ3v) is 4.02. The molecule has 4 aromatic rings. The molecule has 0 amide bonds. The summed E-state index contributed by atoms with van der Waals surface area (Å²) in [7, 11) is 5.83. The molecule has 24 heavy (non-hydrogen) atoms. The van der Waals surface area contributed by atoms with Crippen molar-refractivity contribution < 1.29 is 4.42 Å². The number of nitrogens with two attached hydrogens (primary N) is 1. The van der Waals surface area contributed by atoms with Crippen molar-refractivity contribution in [1.29, 1.82) is 0 Å². The van der Waals surface area contributed by atoms with Gasteiger partial charge in [0.15, 0.2) is 0 Å². The molecule has 0 saturated carbocycles. The van der Waals surface area contributed by atoms with Crippen LogP contribution in [0.25, 0.3) is 22.1 Å². The third kappa shape index (κ3) is 2.51. The van der Waals surface area contributed by atoms with Gasteiger partial charge in [0.05, 0.1) is 6.04 Å². The van der Waals surface area contributed by atoms with E-state index < -0.39 is 6.04 Å². The highest BCUT2D eigenvalue weighted by Crippen LogP contribution is 2.24. The first-order valence-electron chi connectivity index (χ1n) is 7.63. The number of nitrogens with zero attached hydrogens (tertiary/aromatic N) is 1. The first-order valence-corrected chi connectivity index (χ1v) is 7.63. The van der Waals surface area contributed by atoms with Gasteiger partial charge in [0.25, 0.3) is 5.56 Å². The number of aromatic amines is 1. The summed E-state index contributed by atoms with van der Waals surface area (Å²) < 4.78 is 5.59. The molecule has 3 N–H and O–H groups in total. The van der Waals surface area contributed by atoms with Crippen molar-refractivity contribution in [2.24, 2.45) is 5.73 Å². The normalized spacial score (nSPS) is 12.7. The summed E-state index contributed by atoms with van der Waals surface area (Å²) in [6.45, 7) is 0. The van der Waals surface area contributed by atoms with Crippen LogP contribution < -0.4 is 16.8 Å². The molecule has 0 aliphatic heterocycles. The predicted octanol–water partition coefficient (Wildman–Crippen LogP) is 1.71. The number of furan rings is 1. The van der Waals surface area contributed by atoms with Crippen molar-refractivity contribution in [3.63, 3.8) is 0 Å². The van der Waals surface area contributed by atoms with Gasteiger partial charge in [-0.3, -0.25) is 4.79 Å². The monoisotopic (exact) mass is 315 g/mol. The number of hydrogen-bond acceptors (Lipinski definition) is 4. The molecule has 0 saturated heterocycles. The summed E-state index contributed by atoms with van der Waals surface area (Å²) in [6, 6.07) is 14.6. The third-order valence-electron chi connectivity index (χ3n) is 4.02. The highest BCUT2D eigenvalue weighted by Gasteiger charge is 2.17. The van der Waals surface area contributed by atoms with Crippen molar-refractivity contribution in [3.05, 3.63) is 70.3 Å². The molecule has 0 aliphatic carbocycles. The molecule has 116 valence electrons. The Morgan fingerprint density at radius 2 is 2.00 bits per heavy atom. The van der Waals surface area contributed by atoms with Crippen LogP contribution in [0.3, 0.4) is 0 Å². The molecule has 6 heteroatoms. The zero-order chi connectivity index (χ0) is 16.7. The van der Waals surface area contributed by atoms with Gasteiger partial charge in [0, 0.05) is 5.39 Å². The second-order valence-corrected chi connectivity index (χ2v) is 5.78. The topological polar surface area (TPSA) is 84.9 Å². The average Bonchev–Trinajstić information content (AvgIpc) is 2.94. The molecule has 2 radical (unpaired) electrons. The average molecular weight is 315 g/mol. The summed E-state index contributed by atoms with van der Waals surface area (Å²) in [6.07, 6.45) is 0.577. The second-order valence-electron chi connectivity index (χ2n) is 5.78. The first-order chi connectivity index (χ1) is 11.6. The Morgan fingerprint density at radius 1 is 1.21 bits per heavy atom. The highest BCUT2D eigenvalue weighted by atomic mass is 16.3. The Morgan fingerprint density at radius 3 is 2.79 bits per heavy atom. The predicted molar refractivity (Wildman–Crippen MR) is 94.6 cm³/mol. The molecule has 5 nitrogen and oxygen atoms in total. The van der Waals surface area contributed by atoms with Crippen LogP contribution in [0.2, 0.25) is 0 Å². The van der Waals surface area contributed by atoms with Gasteiger partial charge in [-0.2, -0.15) is 0 Å². The molecular formula is C18H14BN3O2. The quantitative estimate of drug-likeness (QED) is 0.564. The summed E-state index contributed by atoms with van der Waals surface area (Å²) in [5.41, 5.74) is 8.81. The SMILES string of the molecule is [B]c1ccc2oc3c(=O)[nH]c(C(N)Cc4ccccc4)nc3c2c1. The molecule has 2 aromatic heterocycles. The minimum absolute atomic E-state index is 0.186. The lowest BCUT2D eigenvalue weighted by molar-refractivity contribution is 0.643. The molecule has 0 aliphatic rings. The molecule has 0 bridgehead atoms. The number of aromatic nitrogens is 2. The maximum Gasteiger partial charge on any atom is 0.294 e. The van der Waals surface area contributed by atoms with E-state index in [9.17, 15) is 4.79 Å². The van der Waals surface area contributed by atoms with E-state index in [4.69, 9.17) is 18.0 Å². The molecule has 1 unspecified atom stereocenters. The smallest absolute Gasteiger partial charge is 0.294 e. The molecule has 1 atom stereocenters. The van der Waals surface area contributed by atoms with Gasteiger partial charge in [-0.05, 0) is 18.1 Å². The Kier molecular flexibility index (Phi) is 3.47. The van der Waals surface area contributed by atoms with Crippen molar-refractivity contribution in [2.75, 3.05) is 0 Å². The Balaban J connectivity index is 1.83. The van der Waals surface area contributed by atoms with Crippen LogP contribution in [0, 0.1) is 0 Å². The van der Waals surface area contributed by atoms with Crippen LogP contribution >= 0.6 is 0 Å². The van der Waals surface area contributed by atoms with Crippen LogP contribution in [-0.2, 0) is 6.42 Å². The zero-order valence-corrected chi connectivity index (χ0v) is 12.8. The van der Waals surface area contributed by atoms with E-state index in [0.717, 1.165) is 5.56 Å². The first kappa shape index (κ1) is 14.7. The van der Waals surface area contributed by atoms with Crippen molar-refractivity contribution in [2.45, 2.75) is 12.5 Å². The van der Waals surface area contributed by atoms with E-state index >= 15 is 0 Å². The van der Waals surface area contributed by atoms with Crippen molar-refractivity contribution in [1.82, 2.24) is 9.97 Å². The fraction of sp³-hybridized carbons (Fsp3) is 0.111. The van der Waals surface area contributed by atoms with Crippen LogP contribution in [0.4, 0.5) is 0 Å². The molecule has 0 fully saturated rings. The van der Waals surface area contributed by atoms with Crippen LogP contribution in [0.15, 0.2) is 57.7 Å². The van der Waals surface area contributed by atoms with E-state index in [-0.39, 0.29) is 11.1 Å². The van der Waals surface area contributed by atoms with Gasteiger partial charge in [-0.15, -0.1) is 0 Å². The summed E-state index contributed by atoms with van der Waals surface area (Å²) in [5.74, 6) is 0.432. The molecule has 0 spiro atoms. The number of fused-ring (bicyclic) bond motifs is 3. The van der Waals surface area contributed by atoms with Crippen LogP contribution in [-0.4, -0.2) is 17.8 Å². The fourth-order valence-electron chi connectivity index (χ4n) is 2.83. The fourth-order valence-corrected chi connectivity index (χ4v) is 2.83. The lowest BCUT2D eigenvalue weighted by Gasteiger charge is -2.10. The highest BCUT2D eigenvalue weighted by molar-refractivity contribution is 6.33. The van der Waals surface area contributed by atoms with Gasteiger partial charge in [-0.1, -0.05) is 47.9 Å². The van der Waals surface area contributed by atoms with Gasteiger partial charge in [0.1, 0.15) is 24.8 Å². The zero-order valence-electron chi connectivity index (χ0n) is 12.8. The molecule has 2 aromatic carbocycles. The van der Waals surface area contributed by atoms with E-state index in [1.54, 1.807) is 18.2 Å². The minimum atomic E-state index is -0.421. The van der Waals surface area contributed by atoms with Gasteiger partial charge in [-0.25, -0.2) is 4.98 Å².